The van der Waals surface area contributed by atoms with Crippen LogP contribution in [0.5, 0.6) is 0 Å². The average Bonchev–Trinajstić information content (AvgIpc) is 3.03. The Morgan fingerprint density at radius 1 is 0.963 bits per heavy atom. The van der Waals surface area contributed by atoms with Gasteiger partial charge in [-0.3, -0.25) is 14.4 Å². The van der Waals surface area contributed by atoms with Crippen molar-refractivity contribution in [3.05, 3.63) is 59.2 Å². The fourth-order valence-electron chi connectivity index (χ4n) is 3.58. The maximum Gasteiger partial charge on any atom is 0.254 e. The largest absolute Gasteiger partial charge is 0.335 e. The van der Waals surface area contributed by atoms with Crippen LogP contribution < -0.4 is 10.6 Å². The Hall–Kier alpha value is -3.15. The van der Waals surface area contributed by atoms with Crippen LogP contribution in [-0.4, -0.2) is 29.7 Å². The first-order chi connectivity index (χ1) is 12.8. The van der Waals surface area contributed by atoms with Gasteiger partial charge in [-0.05, 0) is 42.2 Å². The van der Waals surface area contributed by atoms with Crippen molar-refractivity contribution in [2.75, 3.05) is 17.7 Å². The van der Waals surface area contributed by atoms with Crippen molar-refractivity contribution in [3.8, 4) is 0 Å². The molecule has 6 heteroatoms. The number of rotatable bonds is 4. The van der Waals surface area contributed by atoms with E-state index in [4.69, 9.17) is 0 Å². The van der Waals surface area contributed by atoms with Gasteiger partial charge in [-0.2, -0.15) is 0 Å². The van der Waals surface area contributed by atoms with Gasteiger partial charge in [0.05, 0.1) is 6.04 Å². The molecule has 0 fully saturated rings. The molecule has 0 radical (unpaired) electrons. The van der Waals surface area contributed by atoms with Gasteiger partial charge in [-0.1, -0.05) is 24.3 Å². The first-order valence-electron chi connectivity index (χ1n) is 8.90. The number of fused-ring (bicyclic) bond motifs is 1. The highest BCUT2D eigenvalue weighted by Gasteiger charge is 2.29. The van der Waals surface area contributed by atoms with Gasteiger partial charge in [-0.25, -0.2) is 0 Å². The molecule has 0 heterocycles. The lowest BCUT2D eigenvalue weighted by molar-refractivity contribution is -0.115. The fraction of sp³-hybridized carbons (Fsp3) is 0.286. The molecule has 0 spiro atoms. The van der Waals surface area contributed by atoms with Crippen LogP contribution in [0.15, 0.2) is 42.5 Å². The minimum absolute atomic E-state index is 0.0161. The Bertz CT molecular complexity index is 873. The molecule has 3 amide bonds. The van der Waals surface area contributed by atoms with Crippen molar-refractivity contribution in [2.45, 2.75) is 32.7 Å². The molecule has 6 nitrogen and oxygen atoms in total. The molecule has 140 valence electrons. The highest BCUT2D eigenvalue weighted by Crippen LogP contribution is 2.35. The minimum Gasteiger partial charge on any atom is -0.335 e. The van der Waals surface area contributed by atoms with Gasteiger partial charge < -0.3 is 15.5 Å². The summed E-state index contributed by atoms with van der Waals surface area (Å²) >= 11 is 0. The van der Waals surface area contributed by atoms with E-state index in [1.54, 1.807) is 30.1 Å². The van der Waals surface area contributed by atoms with Crippen molar-refractivity contribution in [2.24, 2.45) is 0 Å². The van der Waals surface area contributed by atoms with Gasteiger partial charge >= 0.3 is 0 Å². The summed E-state index contributed by atoms with van der Waals surface area (Å²) in [5.41, 5.74) is 3.80. The van der Waals surface area contributed by atoms with E-state index < -0.39 is 0 Å². The highest BCUT2D eigenvalue weighted by atomic mass is 16.2. The zero-order chi connectivity index (χ0) is 19.6. The molecule has 0 bridgehead atoms. The lowest BCUT2D eigenvalue weighted by Crippen LogP contribution is -2.30. The number of anilines is 2. The van der Waals surface area contributed by atoms with Gasteiger partial charge in [0, 0.05) is 37.8 Å². The Morgan fingerprint density at radius 3 is 2.15 bits per heavy atom. The third-order valence-corrected chi connectivity index (χ3v) is 4.71. The normalized spacial score (nSPS) is 15.0. The maximum absolute atomic E-state index is 13.1. The van der Waals surface area contributed by atoms with Crippen molar-refractivity contribution < 1.29 is 14.4 Å². The number of amides is 3. The number of carbonyl (C=O) groups is 3. The highest BCUT2D eigenvalue weighted by molar-refractivity contribution is 6.00. The van der Waals surface area contributed by atoms with E-state index in [9.17, 15) is 14.4 Å². The van der Waals surface area contributed by atoms with E-state index in [2.05, 4.69) is 22.8 Å². The number of carbonyl (C=O) groups excluding carboxylic acids is 3. The molecule has 2 N–H and O–H groups in total. The summed E-state index contributed by atoms with van der Waals surface area (Å²) < 4.78 is 0. The van der Waals surface area contributed by atoms with Crippen molar-refractivity contribution in [1.29, 1.82) is 0 Å². The summed E-state index contributed by atoms with van der Waals surface area (Å²) in [7, 11) is 1.79. The van der Waals surface area contributed by atoms with Crippen LogP contribution in [-0.2, 0) is 16.0 Å². The molecular weight excluding hydrogens is 342 g/mol. The van der Waals surface area contributed by atoms with Gasteiger partial charge in [-0.15, -0.1) is 0 Å². The summed E-state index contributed by atoms with van der Waals surface area (Å²) in [5.74, 6) is -0.645. The van der Waals surface area contributed by atoms with Gasteiger partial charge in [0.25, 0.3) is 5.91 Å². The molecule has 0 aliphatic heterocycles. The lowest BCUT2D eigenvalue weighted by atomic mass is 10.1. The Balaban J connectivity index is 1.91. The topological polar surface area (TPSA) is 78.5 Å². The fourth-order valence-corrected chi connectivity index (χ4v) is 3.58. The molecular formula is C21H23N3O3. The Labute approximate surface area is 158 Å². The summed E-state index contributed by atoms with van der Waals surface area (Å²) in [4.78, 5) is 37.7. The first-order valence-corrected chi connectivity index (χ1v) is 8.90. The molecule has 0 saturated carbocycles. The third kappa shape index (κ3) is 4.16. The zero-order valence-electron chi connectivity index (χ0n) is 15.7. The van der Waals surface area contributed by atoms with Crippen LogP contribution in [0.1, 0.15) is 47.8 Å². The molecule has 0 aromatic heterocycles. The molecule has 1 unspecified atom stereocenters. The van der Waals surface area contributed by atoms with E-state index in [0.29, 0.717) is 16.9 Å². The molecule has 1 aliphatic carbocycles. The van der Waals surface area contributed by atoms with Crippen LogP contribution in [0, 0.1) is 0 Å². The second kappa shape index (κ2) is 7.61. The monoisotopic (exact) mass is 365 g/mol. The number of hydrogen-bond donors (Lipinski definition) is 2. The van der Waals surface area contributed by atoms with Crippen LogP contribution in [0.25, 0.3) is 0 Å². The molecule has 0 saturated heterocycles. The first kappa shape index (κ1) is 18.6. The molecule has 3 rings (SSSR count). The molecule has 27 heavy (non-hydrogen) atoms. The number of aryl methyl sites for hydroxylation is 1. The summed E-state index contributed by atoms with van der Waals surface area (Å²) in [6, 6.07) is 13.1. The van der Waals surface area contributed by atoms with Crippen LogP contribution >= 0.6 is 0 Å². The predicted molar refractivity (Wildman–Crippen MR) is 105 cm³/mol. The second-order valence-electron chi connectivity index (χ2n) is 6.83. The molecule has 1 atom stereocenters. The number of nitrogens with zero attached hydrogens (tertiary/aromatic N) is 1. The van der Waals surface area contributed by atoms with E-state index in [1.165, 1.54) is 25.0 Å². The van der Waals surface area contributed by atoms with Gasteiger partial charge in [0.1, 0.15) is 0 Å². The smallest absolute Gasteiger partial charge is 0.254 e. The molecule has 1 aliphatic rings. The summed E-state index contributed by atoms with van der Waals surface area (Å²) in [5, 5.41) is 5.35. The van der Waals surface area contributed by atoms with E-state index in [1.807, 2.05) is 12.1 Å². The SMILES string of the molecule is CC(=O)Nc1cc(NC(C)=O)cc(C(=O)N(C)C2CCc3ccccc32)c1. The van der Waals surface area contributed by atoms with E-state index in [-0.39, 0.29) is 23.8 Å². The second-order valence-corrected chi connectivity index (χ2v) is 6.83. The average molecular weight is 365 g/mol. The third-order valence-electron chi connectivity index (χ3n) is 4.71. The standard InChI is InChI=1S/C21H23N3O3/c1-13(25)22-17-10-16(11-18(12-17)23-14(2)26)21(27)24(3)20-9-8-15-6-4-5-7-19(15)20/h4-7,10-12,20H,8-9H2,1-3H3,(H,22,25)(H,23,26). The number of benzene rings is 2. The predicted octanol–water partition coefficient (Wildman–Crippen LogP) is 3.36. The summed E-state index contributed by atoms with van der Waals surface area (Å²) in [6.07, 6.45) is 1.83. The molecule has 2 aromatic rings. The van der Waals surface area contributed by atoms with Crippen molar-refractivity contribution in [1.82, 2.24) is 4.90 Å². The molecule has 2 aromatic carbocycles. The zero-order valence-corrected chi connectivity index (χ0v) is 15.7. The van der Waals surface area contributed by atoms with Crippen LogP contribution in [0.3, 0.4) is 0 Å². The quantitative estimate of drug-likeness (QED) is 0.872. The van der Waals surface area contributed by atoms with E-state index >= 15 is 0 Å². The van der Waals surface area contributed by atoms with E-state index in [0.717, 1.165) is 12.8 Å². The van der Waals surface area contributed by atoms with Crippen molar-refractivity contribution >= 4 is 29.1 Å². The van der Waals surface area contributed by atoms with Gasteiger partial charge in [0.2, 0.25) is 11.8 Å². The van der Waals surface area contributed by atoms with Gasteiger partial charge in [0.15, 0.2) is 0 Å². The van der Waals surface area contributed by atoms with Crippen molar-refractivity contribution in [3.63, 3.8) is 0 Å². The van der Waals surface area contributed by atoms with Crippen LogP contribution in [0.4, 0.5) is 11.4 Å². The summed E-state index contributed by atoms with van der Waals surface area (Å²) in [6.45, 7) is 2.79. The number of hydrogen-bond acceptors (Lipinski definition) is 3. The number of nitrogens with one attached hydrogen (secondary N) is 2. The minimum atomic E-state index is -0.244. The maximum atomic E-state index is 13.1. The Morgan fingerprint density at radius 2 is 1.56 bits per heavy atom. The van der Waals surface area contributed by atoms with Crippen LogP contribution in [0.2, 0.25) is 0 Å². The lowest BCUT2D eigenvalue weighted by Gasteiger charge is -2.26. The Kier molecular flexibility index (Phi) is 5.26.